The van der Waals surface area contributed by atoms with E-state index in [1.54, 1.807) is 0 Å². The molecule has 0 saturated carbocycles. The summed E-state index contributed by atoms with van der Waals surface area (Å²) in [5.41, 5.74) is 8.00. The van der Waals surface area contributed by atoms with Crippen molar-refractivity contribution < 1.29 is 14.3 Å². The molecule has 3 amide bonds. The lowest BCUT2D eigenvalue weighted by Gasteiger charge is -2.32. The Balaban J connectivity index is 1.33. The summed E-state index contributed by atoms with van der Waals surface area (Å²) < 4.78 is 5.78. The average molecular weight is 389 g/mol. The van der Waals surface area contributed by atoms with Gasteiger partial charge in [-0.25, -0.2) is 4.79 Å². The second-order valence-electron chi connectivity index (χ2n) is 7.52. The maximum Gasteiger partial charge on any atom is 0.317 e. The number of hydrogen-bond donors (Lipinski definition) is 2. The first-order chi connectivity index (χ1) is 13.7. The normalized spacial score (nSPS) is 17.3. The van der Waals surface area contributed by atoms with Crippen LogP contribution in [0, 0.1) is 0 Å². The monoisotopic (exact) mass is 388 g/mol. The highest BCUT2D eigenvalue weighted by molar-refractivity contribution is 5.78. The minimum atomic E-state index is -0.0886. The zero-order valence-corrected chi connectivity index (χ0v) is 16.6. The molecule has 0 aromatic heterocycles. The van der Waals surface area contributed by atoms with Crippen molar-refractivity contribution in [2.45, 2.75) is 44.8 Å². The molecule has 7 nitrogen and oxygen atoms in total. The van der Waals surface area contributed by atoms with Gasteiger partial charge in [0.15, 0.2) is 0 Å². The fourth-order valence-corrected chi connectivity index (χ4v) is 3.82. The number of likely N-dealkylation sites (tertiary alicyclic amines) is 1. The molecule has 7 heteroatoms. The van der Waals surface area contributed by atoms with E-state index in [0.29, 0.717) is 39.2 Å². The van der Waals surface area contributed by atoms with Crippen molar-refractivity contribution in [2.24, 2.45) is 5.73 Å². The second kappa shape index (κ2) is 10.4. The van der Waals surface area contributed by atoms with Gasteiger partial charge in [-0.1, -0.05) is 24.3 Å². The Bertz CT molecular complexity index is 659. The molecule has 0 unspecified atom stereocenters. The van der Waals surface area contributed by atoms with E-state index < -0.39 is 0 Å². The molecular formula is C21H32N4O3. The molecule has 1 aromatic carbocycles. The molecule has 3 N–H and O–H groups in total. The maximum atomic E-state index is 12.4. The maximum absolute atomic E-state index is 12.4. The first-order valence-electron chi connectivity index (χ1n) is 10.4. The van der Waals surface area contributed by atoms with Crippen molar-refractivity contribution in [3.8, 4) is 0 Å². The summed E-state index contributed by atoms with van der Waals surface area (Å²) in [6, 6.07) is 8.15. The number of fused-ring (bicyclic) bond motifs is 1. The fraction of sp³-hybridized carbons (Fsp3) is 0.619. The Morgan fingerprint density at radius 1 is 1.11 bits per heavy atom. The fourth-order valence-electron chi connectivity index (χ4n) is 3.82. The standard InChI is InChI=1S/C21H32N4O3/c22-10-3-15-28-19-8-13-24(14-9-19)20(26)6-11-23-21(27)25-12-7-17-4-1-2-5-18(17)16-25/h1-2,4-5,19H,3,6-16,22H2,(H,23,27). The van der Waals surface area contributed by atoms with Crippen LogP contribution in [0.4, 0.5) is 4.79 Å². The van der Waals surface area contributed by atoms with Crippen LogP contribution in [0.5, 0.6) is 0 Å². The number of hydrogen-bond acceptors (Lipinski definition) is 4. The number of carbonyl (C=O) groups excluding carboxylic acids is 2. The Kier molecular flexibility index (Phi) is 7.68. The van der Waals surface area contributed by atoms with Crippen LogP contribution >= 0.6 is 0 Å². The summed E-state index contributed by atoms with van der Waals surface area (Å²) in [5.74, 6) is 0.102. The molecule has 0 bridgehead atoms. The molecule has 1 saturated heterocycles. The van der Waals surface area contributed by atoms with Crippen LogP contribution in [0.3, 0.4) is 0 Å². The van der Waals surface area contributed by atoms with Gasteiger partial charge in [-0.3, -0.25) is 4.79 Å². The zero-order chi connectivity index (χ0) is 19.8. The number of urea groups is 1. The summed E-state index contributed by atoms with van der Waals surface area (Å²) in [7, 11) is 0. The zero-order valence-electron chi connectivity index (χ0n) is 16.6. The largest absolute Gasteiger partial charge is 0.378 e. The van der Waals surface area contributed by atoms with E-state index in [9.17, 15) is 9.59 Å². The third-order valence-corrected chi connectivity index (χ3v) is 5.53. The van der Waals surface area contributed by atoms with Crippen molar-refractivity contribution >= 4 is 11.9 Å². The highest BCUT2D eigenvalue weighted by atomic mass is 16.5. The van der Waals surface area contributed by atoms with Crippen LogP contribution in [-0.2, 0) is 22.5 Å². The number of nitrogens with two attached hydrogens (primary N) is 1. The highest BCUT2D eigenvalue weighted by Crippen LogP contribution is 2.18. The Morgan fingerprint density at radius 3 is 2.61 bits per heavy atom. The van der Waals surface area contributed by atoms with Gasteiger partial charge >= 0.3 is 6.03 Å². The van der Waals surface area contributed by atoms with Crippen molar-refractivity contribution in [3.63, 3.8) is 0 Å². The van der Waals surface area contributed by atoms with Crippen molar-refractivity contribution in [3.05, 3.63) is 35.4 Å². The van der Waals surface area contributed by atoms with Gasteiger partial charge in [-0.2, -0.15) is 0 Å². The van der Waals surface area contributed by atoms with Gasteiger partial charge in [-0.05, 0) is 43.4 Å². The van der Waals surface area contributed by atoms with E-state index in [2.05, 4.69) is 17.4 Å². The number of nitrogens with one attached hydrogen (secondary N) is 1. The predicted molar refractivity (Wildman–Crippen MR) is 108 cm³/mol. The molecule has 0 spiro atoms. The molecule has 1 fully saturated rings. The van der Waals surface area contributed by atoms with Gasteiger partial charge in [0.1, 0.15) is 0 Å². The number of carbonyl (C=O) groups is 2. The molecule has 28 heavy (non-hydrogen) atoms. The van der Waals surface area contributed by atoms with Gasteiger partial charge < -0.3 is 25.6 Å². The van der Waals surface area contributed by atoms with E-state index in [1.807, 2.05) is 21.9 Å². The molecule has 0 aliphatic carbocycles. The molecule has 2 aliphatic rings. The van der Waals surface area contributed by atoms with E-state index in [4.69, 9.17) is 10.5 Å². The topological polar surface area (TPSA) is 87.9 Å². The summed E-state index contributed by atoms with van der Waals surface area (Å²) in [6.07, 6.45) is 4.07. The van der Waals surface area contributed by atoms with Crippen molar-refractivity contribution in [1.29, 1.82) is 0 Å². The first kappa shape index (κ1) is 20.6. The number of amides is 3. The summed E-state index contributed by atoms with van der Waals surface area (Å²) in [6.45, 7) is 4.52. The van der Waals surface area contributed by atoms with Gasteiger partial charge in [0, 0.05) is 45.8 Å². The molecule has 2 aliphatic heterocycles. The summed E-state index contributed by atoms with van der Waals surface area (Å²) in [4.78, 5) is 28.5. The summed E-state index contributed by atoms with van der Waals surface area (Å²) in [5, 5.41) is 2.90. The lowest BCUT2D eigenvalue weighted by Crippen LogP contribution is -2.45. The number of benzene rings is 1. The van der Waals surface area contributed by atoms with Crippen LogP contribution < -0.4 is 11.1 Å². The van der Waals surface area contributed by atoms with E-state index in [1.165, 1.54) is 11.1 Å². The summed E-state index contributed by atoms with van der Waals surface area (Å²) >= 11 is 0. The third-order valence-electron chi connectivity index (χ3n) is 5.53. The Morgan fingerprint density at radius 2 is 1.86 bits per heavy atom. The van der Waals surface area contributed by atoms with Crippen LogP contribution in [-0.4, -0.2) is 67.2 Å². The molecule has 1 aromatic rings. The van der Waals surface area contributed by atoms with Gasteiger partial charge in [0.05, 0.1) is 6.10 Å². The average Bonchev–Trinajstić information content (AvgIpc) is 2.74. The second-order valence-corrected chi connectivity index (χ2v) is 7.52. The Hall–Kier alpha value is -2.12. The highest BCUT2D eigenvalue weighted by Gasteiger charge is 2.24. The molecule has 0 atom stereocenters. The lowest BCUT2D eigenvalue weighted by molar-refractivity contribution is -0.133. The number of rotatable bonds is 7. The quantitative estimate of drug-likeness (QED) is 0.693. The molecule has 154 valence electrons. The van der Waals surface area contributed by atoms with Gasteiger partial charge in [-0.15, -0.1) is 0 Å². The molecular weight excluding hydrogens is 356 g/mol. The van der Waals surface area contributed by atoms with Gasteiger partial charge in [0.2, 0.25) is 5.91 Å². The predicted octanol–water partition coefficient (Wildman–Crippen LogP) is 1.50. The number of nitrogens with zero attached hydrogens (tertiary/aromatic N) is 2. The van der Waals surface area contributed by atoms with Gasteiger partial charge in [0.25, 0.3) is 0 Å². The Labute approximate surface area is 167 Å². The molecule has 3 rings (SSSR count). The van der Waals surface area contributed by atoms with Crippen LogP contribution in [0.2, 0.25) is 0 Å². The number of piperidine rings is 1. The first-order valence-corrected chi connectivity index (χ1v) is 10.4. The van der Waals surface area contributed by atoms with Crippen molar-refractivity contribution in [1.82, 2.24) is 15.1 Å². The molecule has 2 heterocycles. The smallest absolute Gasteiger partial charge is 0.317 e. The van der Waals surface area contributed by atoms with E-state index in [-0.39, 0.29) is 18.0 Å². The molecule has 0 radical (unpaired) electrons. The van der Waals surface area contributed by atoms with Crippen molar-refractivity contribution in [2.75, 3.05) is 39.3 Å². The lowest BCUT2D eigenvalue weighted by atomic mass is 10.0. The van der Waals surface area contributed by atoms with Crippen LogP contribution in [0.25, 0.3) is 0 Å². The minimum Gasteiger partial charge on any atom is -0.378 e. The van der Waals surface area contributed by atoms with E-state index in [0.717, 1.165) is 38.8 Å². The minimum absolute atomic E-state index is 0.0886. The number of ether oxygens (including phenoxy) is 1. The van der Waals surface area contributed by atoms with E-state index >= 15 is 0 Å². The van der Waals surface area contributed by atoms with Crippen LogP contribution in [0.15, 0.2) is 24.3 Å². The third kappa shape index (κ3) is 5.69. The van der Waals surface area contributed by atoms with Crippen LogP contribution in [0.1, 0.15) is 36.8 Å². The SMILES string of the molecule is NCCCOC1CCN(C(=O)CCNC(=O)N2CCc3ccccc3C2)CC1.